The molecule has 18 heavy (non-hydrogen) atoms. The molecule has 1 aromatic carbocycles. The van der Waals surface area contributed by atoms with Gasteiger partial charge in [-0.15, -0.1) is 0 Å². The number of esters is 1. The molecule has 2 rings (SSSR count). The highest BCUT2D eigenvalue weighted by Gasteiger charge is 2.37. The first-order valence-corrected chi connectivity index (χ1v) is 6.52. The number of benzene rings is 1. The Labute approximate surface area is 109 Å². The van der Waals surface area contributed by atoms with Crippen LogP contribution in [0.15, 0.2) is 24.3 Å². The van der Waals surface area contributed by atoms with Gasteiger partial charge in [-0.05, 0) is 38.2 Å². The quantitative estimate of drug-likeness (QED) is 0.813. The van der Waals surface area contributed by atoms with Gasteiger partial charge in [0.2, 0.25) is 0 Å². The van der Waals surface area contributed by atoms with Crippen LogP contribution in [0, 0.1) is 12.8 Å². The number of aryl methyl sites for hydroxylation is 1. The number of methoxy groups -OCH3 is 1. The van der Waals surface area contributed by atoms with Gasteiger partial charge in [-0.3, -0.25) is 10.1 Å². The average Bonchev–Trinajstić information content (AvgIpc) is 3.20. The van der Waals surface area contributed by atoms with Gasteiger partial charge in [-0.1, -0.05) is 29.8 Å². The molecule has 1 N–H and O–H groups in total. The smallest absolute Gasteiger partial charge is 0.323 e. The summed E-state index contributed by atoms with van der Waals surface area (Å²) >= 11 is 0. The third kappa shape index (κ3) is 3.10. The van der Waals surface area contributed by atoms with Crippen molar-refractivity contribution in [2.24, 2.45) is 5.92 Å². The van der Waals surface area contributed by atoms with Crippen LogP contribution in [-0.4, -0.2) is 19.1 Å². The summed E-state index contributed by atoms with van der Waals surface area (Å²) in [5, 5.41) is 3.39. The molecule has 3 heteroatoms. The van der Waals surface area contributed by atoms with Crippen molar-refractivity contribution in [1.29, 1.82) is 0 Å². The third-order valence-corrected chi connectivity index (χ3v) is 3.56. The molecule has 1 aliphatic carbocycles. The fraction of sp³-hybridized carbons (Fsp3) is 0.533. The van der Waals surface area contributed by atoms with Crippen LogP contribution < -0.4 is 5.32 Å². The van der Waals surface area contributed by atoms with Crippen LogP contribution in [0.1, 0.15) is 36.9 Å². The van der Waals surface area contributed by atoms with Crippen molar-refractivity contribution in [3.63, 3.8) is 0 Å². The molecule has 0 aromatic heterocycles. The number of hydrogen-bond donors (Lipinski definition) is 1. The standard InChI is InChI=1S/C15H21NO2/c1-10-4-6-12(7-5-10)11(2)16-14(13-8-9-13)15(17)18-3/h4-7,11,13-14,16H,8-9H2,1-3H3/t11-,14?/m0/s1. The number of carbonyl (C=O) groups is 1. The lowest BCUT2D eigenvalue weighted by Gasteiger charge is -2.21. The van der Waals surface area contributed by atoms with Gasteiger partial charge in [-0.2, -0.15) is 0 Å². The summed E-state index contributed by atoms with van der Waals surface area (Å²) in [5.41, 5.74) is 2.45. The van der Waals surface area contributed by atoms with Crippen molar-refractivity contribution < 1.29 is 9.53 Å². The van der Waals surface area contributed by atoms with Gasteiger partial charge in [-0.25, -0.2) is 0 Å². The van der Waals surface area contributed by atoms with Crippen molar-refractivity contribution in [3.8, 4) is 0 Å². The van der Waals surface area contributed by atoms with E-state index in [0.29, 0.717) is 5.92 Å². The summed E-state index contributed by atoms with van der Waals surface area (Å²) in [6.45, 7) is 4.16. The first-order valence-electron chi connectivity index (χ1n) is 6.52. The number of nitrogens with one attached hydrogen (secondary N) is 1. The van der Waals surface area contributed by atoms with E-state index in [4.69, 9.17) is 4.74 Å². The average molecular weight is 247 g/mol. The second-order valence-corrected chi connectivity index (χ2v) is 5.14. The highest BCUT2D eigenvalue weighted by Crippen LogP contribution is 2.34. The zero-order valence-corrected chi connectivity index (χ0v) is 11.3. The maximum Gasteiger partial charge on any atom is 0.323 e. The normalized spacial score (nSPS) is 18.2. The molecule has 0 amide bonds. The molecule has 0 bridgehead atoms. The van der Waals surface area contributed by atoms with Gasteiger partial charge in [0.25, 0.3) is 0 Å². The lowest BCUT2D eigenvalue weighted by molar-refractivity contribution is -0.144. The Kier molecular flexibility index (Phi) is 4.02. The molecule has 1 aromatic rings. The Balaban J connectivity index is 2.02. The summed E-state index contributed by atoms with van der Waals surface area (Å²) in [6.07, 6.45) is 2.24. The maximum absolute atomic E-state index is 11.7. The summed E-state index contributed by atoms with van der Waals surface area (Å²) < 4.78 is 4.87. The van der Waals surface area contributed by atoms with Crippen molar-refractivity contribution >= 4 is 5.97 Å². The fourth-order valence-electron chi connectivity index (χ4n) is 2.17. The minimum atomic E-state index is -0.161. The zero-order valence-electron chi connectivity index (χ0n) is 11.3. The summed E-state index contributed by atoms with van der Waals surface area (Å²) in [7, 11) is 1.45. The molecular weight excluding hydrogens is 226 g/mol. The molecule has 0 saturated heterocycles. The molecule has 2 atom stereocenters. The van der Waals surface area contributed by atoms with E-state index >= 15 is 0 Å². The summed E-state index contributed by atoms with van der Waals surface area (Å²) in [6, 6.07) is 8.40. The van der Waals surface area contributed by atoms with E-state index in [9.17, 15) is 4.79 Å². The van der Waals surface area contributed by atoms with E-state index in [1.54, 1.807) is 0 Å². The SMILES string of the molecule is COC(=O)C(N[C@@H](C)c1ccc(C)cc1)C1CC1. The van der Waals surface area contributed by atoms with Gasteiger partial charge in [0.15, 0.2) is 0 Å². The Hall–Kier alpha value is -1.35. The topological polar surface area (TPSA) is 38.3 Å². The third-order valence-electron chi connectivity index (χ3n) is 3.56. The minimum Gasteiger partial charge on any atom is -0.468 e. The monoisotopic (exact) mass is 247 g/mol. The number of ether oxygens (including phenoxy) is 1. The van der Waals surface area contributed by atoms with Crippen molar-refractivity contribution in [1.82, 2.24) is 5.32 Å². The van der Waals surface area contributed by atoms with Gasteiger partial charge in [0, 0.05) is 6.04 Å². The maximum atomic E-state index is 11.7. The minimum absolute atomic E-state index is 0.142. The Morgan fingerprint density at radius 2 is 1.94 bits per heavy atom. The van der Waals surface area contributed by atoms with Crippen LogP contribution in [0.2, 0.25) is 0 Å². The predicted octanol–water partition coefficient (Wildman–Crippen LogP) is 2.60. The Morgan fingerprint density at radius 3 is 2.44 bits per heavy atom. The molecule has 0 heterocycles. The van der Waals surface area contributed by atoms with Crippen molar-refractivity contribution in [3.05, 3.63) is 35.4 Å². The number of hydrogen-bond acceptors (Lipinski definition) is 3. The Bertz CT molecular complexity index is 409. The molecule has 0 aliphatic heterocycles. The molecule has 1 fully saturated rings. The van der Waals surface area contributed by atoms with Gasteiger partial charge in [0.05, 0.1) is 7.11 Å². The van der Waals surface area contributed by atoms with E-state index in [1.807, 2.05) is 0 Å². The van der Waals surface area contributed by atoms with Gasteiger partial charge < -0.3 is 4.74 Å². The second kappa shape index (κ2) is 5.53. The molecule has 0 spiro atoms. The molecule has 1 saturated carbocycles. The van der Waals surface area contributed by atoms with Crippen LogP contribution in [-0.2, 0) is 9.53 Å². The van der Waals surface area contributed by atoms with Crippen LogP contribution in [0.25, 0.3) is 0 Å². The lowest BCUT2D eigenvalue weighted by Crippen LogP contribution is -2.40. The van der Waals surface area contributed by atoms with Crippen molar-refractivity contribution in [2.75, 3.05) is 7.11 Å². The highest BCUT2D eigenvalue weighted by molar-refractivity contribution is 5.76. The predicted molar refractivity (Wildman–Crippen MR) is 71.3 cm³/mol. The molecular formula is C15H21NO2. The first kappa shape index (κ1) is 13.1. The molecule has 1 unspecified atom stereocenters. The van der Waals surface area contributed by atoms with E-state index in [-0.39, 0.29) is 18.1 Å². The number of rotatable bonds is 5. The van der Waals surface area contributed by atoms with Crippen LogP contribution in [0.3, 0.4) is 0 Å². The van der Waals surface area contributed by atoms with E-state index in [0.717, 1.165) is 12.8 Å². The highest BCUT2D eigenvalue weighted by atomic mass is 16.5. The lowest BCUT2D eigenvalue weighted by atomic mass is 10.0. The van der Waals surface area contributed by atoms with Crippen LogP contribution in [0.5, 0.6) is 0 Å². The van der Waals surface area contributed by atoms with Gasteiger partial charge in [0.1, 0.15) is 6.04 Å². The first-order chi connectivity index (χ1) is 8.61. The molecule has 98 valence electrons. The largest absolute Gasteiger partial charge is 0.468 e. The van der Waals surface area contributed by atoms with Crippen LogP contribution >= 0.6 is 0 Å². The van der Waals surface area contributed by atoms with E-state index < -0.39 is 0 Å². The van der Waals surface area contributed by atoms with Gasteiger partial charge >= 0.3 is 5.97 Å². The molecule has 1 aliphatic rings. The van der Waals surface area contributed by atoms with Crippen molar-refractivity contribution in [2.45, 2.75) is 38.8 Å². The Morgan fingerprint density at radius 1 is 1.33 bits per heavy atom. The molecule has 0 radical (unpaired) electrons. The van der Waals surface area contributed by atoms with Crippen LogP contribution in [0.4, 0.5) is 0 Å². The number of carbonyl (C=O) groups excluding carboxylic acids is 1. The van der Waals surface area contributed by atoms with E-state index in [1.165, 1.54) is 18.2 Å². The fourth-order valence-corrected chi connectivity index (χ4v) is 2.17. The second-order valence-electron chi connectivity index (χ2n) is 5.14. The summed E-state index contributed by atoms with van der Waals surface area (Å²) in [4.78, 5) is 11.7. The summed E-state index contributed by atoms with van der Waals surface area (Å²) in [5.74, 6) is 0.307. The van der Waals surface area contributed by atoms with E-state index in [2.05, 4.69) is 43.4 Å². The zero-order chi connectivity index (χ0) is 13.1. The molecule has 3 nitrogen and oxygen atoms in total.